The molecule has 0 aliphatic rings. The van der Waals surface area contributed by atoms with E-state index >= 15 is 0 Å². The van der Waals surface area contributed by atoms with Gasteiger partial charge in [-0.05, 0) is 41.0 Å². The molecule has 0 fully saturated rings. The first-order valence-electron chi connectivity index (χ1n) is 11.5. The summed E-state index contributed by atoms with van der Waals surface area (Å²) in [4.78, 5) is 9.43. The lowest BCUT2D eigenvalue weighted by Crippen LogP contribution is -2.07. The van der Waals surface area contributed by atoms with E-state index in [0.29, 0.717) is 5.82 Å². The van der Waals surface area contributed by atoms with Crippen molar-refractivity contribution in [2.45, 2.75) is 65.3 Å². The van der Waals surface area contributed by atoms with E-state index in [2.05, 4.69) is 68.4 Å². The molecule has 1 aromatic carbocycles. The van der Waals surface area contributed by atoms with E-state index in [1.165, 1.54) is 18.4 Å². The van der Waals surface area contributed by atoms with Crippen molar-refractivity contribution < 1.29 is 0 Å². The number of aromatic amines is 1. The van der Waals surface area contributed by atoms with Gasteiger partial charge in [-0.1, -0.05) is 57.4 Å². The fourth-order valence-corrected chi connectivity index (χ4v) is 3.75. The number of aromatic nitrogens is 8. The molecule has 0 spiro atoms. The highest BCUT2D eigenvalue weighted by atomic mass is 15.5. The van der Waals surface area contributed by atoms with Crippen LogP contribution >= 0.6 is 0 Å². The molecule has 8 heteroatoms. The normalized spacial score (nSPS) is 11.2. The van der Waals surface area contributed by atoms with Crippen LogP contribution in [0.3, 0.4) is 0 Å². The van der Waals surface area contributed by atoms with Crippen LogP contribution in [0.4, 0.5) is 0 Å². The van der Waals surface area contributed by atoms with Gasteiger partial charge in [-0.2, -0.15) is 5.10 Å². The zero-order valence-corrected chi connectivity index (χ0v) is 18.8. The number of tetrazole rings is 1. The Kier molecular flexibility index (Phi) is 7.32. The van der Waals surface area contributed by atoms with Gasteiger partial charge in [0.2, 0.25) is 0 Å². The lowest BCUT2D eigenvalue weighted by molar-refractivity contribution is 0.530. The van der Waals surface area contributed by atoms with E-state index in [1.54, 1.807) is 6.20 Å². The fraction of sp³-hybridized carbons (Fsp3) is 0.417. The van der Waals surface area contributed by atoms with Gasteiger partial charge in [0.15, 0.2) is 11.6 Å². The number of pyridine rings is 1. The number of nitrogens with one attached hydrogen (secondary N) is 1. The van der Waals surface area contributed by atoms with Gasteiger partial charge in [-0.15, -0.1) is 5.10 Å². The minimum Gasteiger partial charge on any atom is -0.255 e. The van der Waals surface area contributed by atoms with Gasteiger partial charge in [-0.25, -0.2) is 14.8 Å². The lowest BCUT2D eigenvalue weighted by atomic mass is 10.0. The molecule has 4 rings (SSSR count). The number of H-pyrrole nitrogens is 1. The third kappa shape index (κ3) is 5.25. The highest BCUT2D eigenvalue weighted by molar-refractivity contribution is 5.76. The summed E-state index contributed by atoms with van der Waals surface area (Å²) in [6, 6.07) is 12.3. The molecule has 166 valence electrons. The van der Waals surface area contributed by atoms with Crippen molar-refractivity contribution in [3.63, 3.8) is 0 Å². The largest absolute Gasteiger partial charge is 0.255 e. The second-order valence-corrected chi connectivity index (χ2v) is 8.00. The number of nitrogens with zero attached hydrogens (tertiary/aromatic N) is 7. The summed E-state index contributed by atoms with van der Waals surface area (Å²) in [5, 5.41) is 19.0. The quantitative estimate of drug-likeness (QED) is 0.348. The van der Waals surface area contributed by atoms with E-state index in [-0.39, 0.29) is 0 Å². The zero-order chi connectivity index (χ0) is 22.2. The first-order valence-corrected chi connectivity index (χ1v) is 11.5. The van der Waals surface area contributed by atoms with Crippen molar-refractivity contribution in [3.8, 4) is 22.6 Å². The standard InChI is InChI=1S/C24H30N8/c1-3-5-7-16-32-22(26-21(29-32)10-6-4-2)17-18-11-13-19(14-12-18)23-20(9-8-15-25-23)24-27-30-31-28-24/h8-9,11-15H,3-7,10,16-17H2,1-2H3,(H,27,28,30,31). The van der Waals surface area contributed by atoms with Crippen LogP contribution in [0.5, 0.6) is 0 Å². The fourth-order valence-electron chi connectivity index (χ4n) is 3.75. The predicted molar refractivity (Wildman–Crippen MR) is 124 cm³/mol. The van der Waals surface area contributed by atoms with Crippen LogP contribution in [-0.4, -0.2) is 40.4 Å². The van der Waals surface area contributed by atoms with Crippen LogP contribution < -0.4 is 0 Å². The van der Waals surface area contributed by atoms with Crippen LogP contribution in [0.15, 0.2) is 42.6 Å². The van der Waals surface area contributed by atoms with Crippen molar-refractivity contribution in [2.24, 2.45) is 0 Å². The lowest BCUT2D eigenvalue weighted by Gasteiger charge is -2.08. The minimum atomic E-state index is 0.608. The van der Waals surface area contributed by atoms with Crippen LogP contribution in [0.1, 0.15) is 63.2 Å². The molecule has 0 unspecified atom stereocenters. The second-order valence-electron chi connectivity index (χ2n) is 8.00. The third-order valence-electron chi connectivity index (χ3n) is 5.52. The van der Waals surface area contributed by atoms with E-state index in [9.17, 15) is 0 Å². The van der Waals surface area contributed by atoms with Gasteiger partial charge < -0.3 is 0 Å². The smallest absolute Gasteiger partial charge is 0.181 e. The van der Waals surface area contributed by atoms with E-state index < -0.39 is 0 Å². The molecular weight excluding hydrogens is 400 g/mol. The first kappa shape index (κ1) is 21.8. The Balaban J connectivity index is 1.54. The maximum absolute atomic E-state index is 4.86. The number of rotatable bonds is 11. The Morgan fingerprint density at radius 2 is 1.81 bits per heavy atom. The van der Waals surface area contributed by atoms with Gasteiger partial charge in [-0.3, -0.25) is 4.98 Å². The number of aryl methyl sites for hydroxylation is 2. The van der Waals surface area contributed by atoms with Gasteiger partial charge in [0.05, 0.1) is 5.69 Å². The van der Waals surface area contributed by atoms with Crippen molar-refractivity contribution in [3.05, 3.63) is 59.8 Å². The predicted octanol–water partition coefficient (Wildman–Crippen LogP) is 4.64. The van der Waals surface area contributed by atoms with Gasteiger partial charge in [0.25, 0.3) is 0 Å². The van der Waals surface area contributed by atoms with Crippen LogP contribution in [0, 0.1) is 0 Å². The molecule has 3 aromatic heterocycles. The average molecular weight is 431 g/mol. The maximum atomic E-state index is 4.86. The van der Waals surface area contributed by atoms with E-state index in [1.807, 2.05) is 12.1 Å². The molecular formula is C24H30N8. The third-order valence-corrected chi connectivity index (χ3v) is 5.52. The van der Waals surface area contributed by atoms with Crippen molar-refractivity contribution in [1.82, 2.24) is 40.4 Å². The van der Waals surface area contributed by atoms with Crippen molar-refractivity contribution in [2.75, 3.05) is 0 Å². The van der Waals surface area contributed by atoms with Crippen LogP contribution in [0.25, 0.3) is 22.6 Å². The summed E-state index contributed by atoms with van der Waals surface area (Å²) in [7, 11) is 0. The Bertz CT molecular complexity index is 1100. The van der Waals surface area contributed by atoms with Crippen molar-refractivity contribution >= 4 is 0 Å². The first-order chi connectivity index (χ1) is 15.8. The molecule has 4 aromatic rings. The molecule has 8 nitrogen and oxygen atoms in total. The number of hydrogen-bond acceptors (Lipinski definition) is 6. The van der Waals surface area contributed by atoms with Gasteiger partial charge in [0, 0.05) is 36.7 Å². The topological polar surface area (TPSA) is 98.1 Å². The summed E-state index contributed by atoms with van der Waals surface area (Å²) >= 11 is 0. The molecule has 3 heterocycles. The molecule has 0 saturated heterocycles. The second kappa shape index (κ2) is 10.7. The zero-order valence-electron chi connectivity index (χ0n) is 18.8. The Morgan fingerprint density at radius 1 is 0.969 bits per heavy atom. The highest BCUT2D eigenvalue weighted by Gasteiger charge is 2.13. The maximum Gasteiger partial charge on any atom is 0.181 e. The SMILES string of the molecule is CCCCCn1nc(CCCC)nc1Cc1ccc(-c2ncccc2-c2nnn[nH]2)cc1. The summed E-state index contributed by atoms with van der Waals surface area (Å²) in [6.07, 6.45) is 9.33. The molecule has 0 radical (unpaired) electrons. The molecule has 0 saturated carbocycles. The minimum absolute atomic E-state index is 0.608. The van der Waals surface area contributed by atoms with E-state index in [0.717, 1.165) is 67.1 Å². The van der Waals surface area contributed by atoms with Gasteiger partial charge >= 0.3 is 0 Å². The molecule has 0 aliphatic carbocycles. The summed E-state index contributed by atoms with van der Waals surface area (Å²) in [5.74, 6) is 2.62. The summed E-state index contributed by atoms with van der Waals surface area (Å²) in [5.41, 5.74) is 3.95. The number of benzene rings is 1. The average Bonchev–Trinajstić information content (AvgIpc) is 3.49. The van der Waals surface area contributed by atoms with Crippen molar-refractivity contribution in [1.29, 1.82) is 0 Å². The highest BCUT2D eigenvalue weighted by Crippen LogP contribution is 2.27. The Labute approximate surface area is 188 Å². The number of hydrogen-bond donors (Lipinski definition) is 1. The molecule has 0 atom stereocenters. The number of unbranched alkanes of at least 4 members (excludes halogenated alkanes) is 3. The molecule has 0 aliphatic heterocycles. The summed E-state index contributed by atoms with van der Waals surface area (Å²) in [6.45, 7) is 5.36. The van der Waals surface area contributed by atoms with E-state index in [4.69, 9.17) is 10.1 Å². The molecule has 32 heavy (non-hydrogen) atoms. The molecule has 0 amide bonds. The van der Waals surface area contributed by atoms with Crippen LogP contribution in [0.2, 0.25) is 0 Å². The monoisotopic (exact) mass is 430 g/mol. The van der Waals surface area contributed by atoms with Crippen LogP contribution in [-0.2, 0) is 19.4 Å². The van der Waals surface area contributed by atoms with Gasteiger partial charge in [0.1, 0.15) is 5.82 Å². The molecule has 0 bridgehead atoms. The molecule has 1 N–H and O–H groups in total. The summed E-state index contributed by atoms with van der Waals surface area (Å²) < 4.78 is 2.11. The Hall–Kier alpha value is -3.42. The Morgan fingerprint density at radius 3 is 2.56 bits per heavy atom.